The Morgan fingerprint density at radius 1 is 1.30 bits per heavy atom. The van der Waals surface area contributed by atoms with Crippen LogP contribution in [0.3, 0.4) is 0 Å². The Labute approximate surface area is 128 Å². The Morgan fingerprint density at radius 3 is 2.70 bits per heavy atom. The van der Waals surface area contributed by atoms with Gasteiger partial charge in [0, 0.05) is 29.2 Å². The Hall–Kier alpha value is -1.64. The lowest BCUT2D eigenvalue weighted by atomic mass is 10.3. The quantitative estimate of drug-likeness (QED) is 0.595. The minimum atomic E-state index is -0.796. The number of rotatable bonds is 4. The summed E-state index contributed by atoms with van der Waals surface area (Å²) in [5.41, 5.74) is 1.00. The number of hydrogen-bond donors (Lipinski definition) is 1. The molecule has 0 saturated carbocycles. The summed E-state index contributed by atoms with van der Waals surface area (Å²) in [4.78, 5) is 16.7. The molecule has 0 amide bonds. The highest BCUT2D eigenvalue weighted by Crippen LogP contribution is 2.29. The van der Waals surface area contributed by atoms with E-state index in [-0.39, 0.29) is 18.8 Å². The highest BCUT2D eigenvalue weighted by molar-refractivity contribution is 7.26. The van der Waals surface area contributed by atoms with E-state index in [2.05, 4.69) is 14.6 Å². The van der Waals surface area contributed by atoms with E-state index in [0.29, 0.717) is 6.54 Å². The summed E-state index contributed by atoms with van der Waals surface area (Å²) < 4.78 is 5.67. The highest BCUT2D eigenvalue weighted by atomic mass is 35.5. The molecular weight excluding hydrogens is 320 g/mol. The first-order valence-corrected chi connectivity index (χ1v) is 7.11. The zero-order chi connectivity index (χ0) is 13.2. The molecule has 0 bridgehead atoms. The van der Waals surface area contributed by atoms with Gasteiger partial charge in [0.25, 0.3) is 0 Å². The molecule has 20 heavy (non-hydrogen) atoms. The smallest absolute Gasteiger partial charge is 0.309 e. The standard InChI is InChI=1S/C11H8N4O2S2.ClH/c16-8(17)3-6-15-4-1-7(2-5-15)9-12-10-11(18-9)13-14-19-10;/h1-2,4-5H,3,6H2;1H. The normalized spacial score (nSPS) is 10.4. The second-order valence-corrected chi connectivity index (χ2v) is 5.58. The second-order valence-electron chi connectivity index (χ2n) is 3.87. The van der Waals surface area contributed by atoms with Crippen molar-refractivity contribution in [2.75, 3.05) is 0 Å². The van der Waals surface area contributed by atoms with Crippen molar-refractivity contribution in [3.63, 3.8) is 0 Å². The summed E-state index contributed by atoms with van der Waals surface area (Å²) in [7, 11) is 0. The highest BCUT2D eigenvalue weighted by Gasteiger charge is 2.11. The largest absolute Gasteiger partial charge is 1.00 e. The van der Waals surface area contributed by atoms with E-state index in [1.807, 2.05) is 29.1 Å². The van der Waals surface area contributed by atoms with Gasteiger partial charge in [-0.25, -0.2) is 9.55 Å². The maximum Gasteiger partial charge on any atom is 0.309 e. The Morgan fingerprint density at radius 2 is 2.05 bits per heavy atom. The van der Waals surface area contributed by atoms with Gasteiger partial charge < -0.3 is 17.5 Å². The lowest BCUT2D eigenvalue weighted by Crippen LogP contribution is -3.00. The van der Waals surface area contributed by atoms with Crippen molar-refractivity contribution in [1.82, 2.24) is 14.6 Å². The molecule has 0 unspecified atom stereocenters. The molecule has 3 heterocycles. The van der Waals surface area contributed by atoms with Crippen molar-refractivity contribution < 1.29 is 26.9 Å². The third kappa shape index (κ3) is 3.09. The molecule has 6 nitrogen and oxygen atoms in total. The van der Waals surface area contributed by atoms with Crippen molar-refractivity contribution in [2.45, 2.75) is 13.0 Å². The fourth-order valence-electron chi connectivity index (χ4n) is 1.61. The van der Waals surface area contributed by atoms with Gasteiger partial charge in [-0.15, -0.1) is 5.10 Å². The first-order valence-electron chi connectivity index (χ1n) is 5.52. The second kappa shape index (κ2) is 6.21. The van der Waals surface area contributed by atoms with Crippen LogP contribution in [0.25, 0.3) is 20.2 Å². The monoisotopic (exact) mass is 328 g/mol. The van der Waals surface area contributed by atoms with Crippen LogP contribution in [-0.2, 0) is 11.3 Å². The maximum absolute atomic E-state index is 10.5. The van der Waals surface area contributed by atoms with Gasteiger partial charge >= 0.3 is 5.97 Å². The average molecular weight is 329 g/mol. The van der Waals surface area contributed by atoms with Crippen molar-refractivity contribution in [1.29, 1.82) is 0 Å². The molecule has 3 aromatic rings. The number of halogens is 1. The summed E-state index contributed by atoms with van der Waals surface area (Å²) in [6.07, 6.45) is 3.84. The van der Waals surface area contributed by atoms with Crippen LogP contribution in [0, 0.1) is 0 Å². The third-order valence-electron chi connectivity index (χ3n) is 2.56. The number of nitrogens with zero attached hydrogens (tertiary/aromatic N) is 4. The molecule has 0 aliphatic heterocycles. The van der Waals surface area contributed by atoms with Gasteiger partial charge in [-0.05, 0) is 0 Å². The molecule has 104 valence electrons. The predicted molar refractivity (Wildman–Crippen MR) is 71.0 cm³/mol. The number of carboxylic acid groups (broad SMARTS) is 1. The number of aliphatic carboxylic acids is 1. The number of aryl methyl sites for hydroxylation is 1. The van der Waals surface area contributed by atoms with E-state index in [0.717, 1.165) is 20.2 Å². The van der Waals surface area contributed by atoms with E-state index in [9.17, 15) is 4.79 Å². The molecule has 0 atom stereocenters. The summed E-state index contributed by atoms with van der Waals surface area (Å²) in [5.74, 6) is -0.796. The van der Waals surface area contributed by atoms with Crippen LogP contribution in [0.5, 0.6) is 0 Å². The van der Waals surface area contributed by atoms with Crippen LogP contribution >= 0.6 is 22.9 Å². The molecule has 3 aromatic heterocycles. The number of carbonyl (C=O) groups is 1. The minimum absolute atomic E-state index is 0. The lowest BCUT2D eigenvalue weighted by molar-refractivity contribution is -0.695. The van der Waals surface area contributed by atoms with E-state index in [1.54, 1.807) is 0 Å². The van der Waals surface area contributed by atoms with Crippen LogP contribution in [0.1, 0.15) is 6.42 Å². The SMILES string of the molecule is O=C(O)CC[n+]1ccc(-c2nc3snnc3s2)cc1.[Cl-]. The first kappa shape index (κ1) is 14.8. The molecule has 0 radical (unpaired) electrons. The number of pyridine rings is 1. The minimum Gasteiger partial charge on any atom is -1.00 e. The lowest BCUT2D eigenvalue weighted by Gasteiger charge is -1.96. The molecule has 0 spiro atoms. The van der Waals surface area contributed by atoms with Gasteiger partial charge in [-0.2, -0.15) is 0 Å². The number of thiazole rings is 1. The summed E-state index contributed by atoms with van der Waals surface area (Å²) in [6, 6.07) is 3.86. The molecule has 0 aliphatic rings. The van der Waals surface area contributed by atoms with Gasteiger partial charge in [0.2, 0.25) is 0 Å². The number of aromatic nitrogens is 4. The summed E-state index contributed by atoms with van der Waals surface area (Å²) in [6.45, 7) is 0.466. The van der Waals surface area contributed by atoms with Crippen LogP contribution in [0.15, 0.2) is 24.5 Å². The summed E-state index contributed by atoms with van der Waals surface area (Å²) in [5, 5.41) is 13.5. The Balaban J connectivity index is 0.00000147. The molecule has 0 saturated heterocycles. The zero-order valence-corrected chi connectivity index (χ0v) is 12.5. The molecule has 0 aromatic carbocycles. The van der Waals surface area contributed by atoms with E-state index in [4.69, 9.17) is 5.11 Å². The third-order valence-corrected chi connectivity index (χ3v) is 4.30. The van der Waals surface area contributed by atoms with Crippen molar-refractivity contribution >= 4 is 38.5 Å². The van der Waals surface area contributed by atoms with Gasteiger partial charge in [-0.1, -0.05) is 15.8 Å². The summed E-state index contributed by atoms with van der Waals surface area (Å²) >= 11 is 2.79. The van der Waals surface area contributed by atoms with Crippen molar-refractivity contribution in [3.05, 3.63) is 24.5 Å². The average Bonchev–Trinajstić information content (AvgIpc) is 2.97. The molecule has 3 rings (SSSR count). The van der Waals surface area contributed by atoms with Crippen LogP contribution in [0.2, 0.25) is 0 Å². The van der Waals surface area contributed by atoms with E-state index < -0.39 is 5.97 Å². The molecule has 0 aliphatic carbocycles. The first-order chi connectivity index (χ1) is 9.22. The van der Waals surface area contributed by atoms with Crippen molar-refractivity contribution in [3.8, 4) is 10.6 Å². The van der Waals surface area contributed by atoms with Gasteiger partial charge in [0.1, 0.15) is 11.4 Å². The zero-order valence-electron chi connectivity index (χ0n) is 10.1. The molecule has 9 heteroatoms. The number of hydrogen-bond acceptors (Lipinski definition) is 6. The van der Waals surface area contributed by atoms with E-state index in [1.165, 1.54) is 22.9 Å². The fourth-order valence-corrected chi connectivity index (χ4v) is 3.20. The van der Waals surface area contributed by atoms with Gasteiger partial charge in [0.05, 0.1) is 0 Å². The van der Waals surface area contributed by atoms with Crippen molar-refractivity contribution in [2.24, 2.45) is 0 Å². The molecule has 1 N–H and O–H groups in total. The number of fused-ring (bicyclic) bond motifs is 1. The van der Waals surface area contributed by atoms with Crippen LogP contribution in [0.4, 0.5) is 0 Å². The van der Waals surface area contributed by atoms with E-state index >= 15 is 0 Å². The van der Waals surface area contributed by atoms with Crippen LogP contribution in [-0.4, -0.2) is 25.6 Å². The predicted octanol–water partition coefficient (Wildman–Crippen LogP) is -1.42. The van der Waals surface area contributed by atoms with Crippen LogP contribution < -0.4 is 17.0 Å². The fraction of sp³-hybridized carbons (Fsp3) is 0.182. The molecular formula is C11H9ClN4O2S2. The maximum atomic E-state index is 10.5. The number of carboxylic acids is 1. The topological polar surface area (TPSA) is 79.9 Å². The van der Waals surface area contributed by atoms with Gasteiger partial charge in [0.15, 0.2) is 28.6 Å². The van der Waals surface area contributed by atoms with Gasteiger partial charge in [-0.3, -0.25) is 4.79 Å². The Kier molecular flexibility index (Phi) is 4.58. The molecule has 0 fully saturated rings. The Bertz CT molecular complexity index is 697.